The molecule has 2 aromatic carbocycles. The van der Waals surface area contributed by atoms with E-state index in [0.717, 1.165) is 41.2 Å². The lowest BCUT2D eigenvalue weighted by Gasteiger charge is -2.39. The number of nitrogens with two attached hydrogens (primary N) is 1. The maximum atomic E-state index is 6.38. The Labute approximate surface area is 205 Å². The summed E-state index contributed by atoms with van der Waals surface area (Å²) in [5, 5.41) is 8.10. The number of benzene rings is 2. The molecule has 0 radical (unpaired) electrons. The largest absolute Gasteiger partial charge is 0.457 e. The molecule has 1 aliphatic heterocycles. The third kappa shape index (κ3) is 4.49. The first-order chi connectivity index (χ1) is 17.3. The summed E-state index contributed by atoms with van der Waals surface area (Å²) in [5.41, 5.74) is 10.7. The lowest BCUT2D eigenvalue weighted by Crippen LogP contribution is -2.49. The van der Waals surface area contributed by atoms with E-state index in [9.17, 15) is 0 Å². The molecule has 3 N–H and O–H groups in total. The van der Waals surface area contributed by atoms with Crippen LogP contribution >= 0.6 is 0 Å². The van der Waals surface area contributed by atoms with Gasteiger partial charge in [-0.05, 0) is 61.6 Å². The van der Waals surface area contributed by atoms with Crippen LogP contribution in [0.3, 0.4) is 0 Å². The van der Waals surface area contributed by atoms with Crippen LogP contribution in [0.2, 0.25) is 0 Å². The van der Waals surface area contributed by atoms with Gasteiger partial charge in [0.25, 0.3) is 0 Å². The zero-order valence-corrected chi connectivity index (χ0v) is 19.9. The Morgan fingerprint density at radius 2 is 1.60 bits per heavy atom. The number of para-hydroxylation sites is 1. The van der Waals surface area contributed by atoms with Crippen molar-refractivity contribution in [2.24, 2.45) is 0 Å². The SMILES string of the molecule is Nc1ncnn2c(C3CCC(N4CCNCC4)CC3)cc(-c3ccc(Oc4ccccc4)cc3)c12. The van der Waals surface area contributed by atoms with Crippen molar-refractivity contribution in [1.29, 1.82) is 0 Å². The van der Waals surface area contributed by atoms with Crippen LogP contribution in [0, 0.1) is 0 Å². The fourth-order valence-corrected chi connectivity index (χ4v) is 5.71. The maximum absolute atomic E-state index is 6.38. The Bertz CT molecular complexity index is 1270. The lowest BCUT2D eigenvalue weighted by molar-refractivity contribution is 0.132. The van der Waals surface area contributed by atoms with Gasteiger partial charge in [0.15, 0.2) is 5.82 Å². The van der Waals surface area contributed by atoms with Crippen LogP contribution in [0.15, 0.2) is 67.0 Å². The Hall–Kier alpha value is -3.42. The molecule has 0 unspecified atom stereocenters. The molecule has 0 spiro atoms. The Kier molecular flexibility index (Phi) is 6.10. The molecule has 0 amide bonds. The van der Waals surface area contributed by atoms with Crippen molar-refractivity contribution in [2.45, 2.75) is 37.6 Å². The predicted octanol–water partition coefficient (Wildman–Crippen LogP) is 4.70. The maximum Gasteiger partial charge on any atom is 0.151 e. The van der Waals surface area contributed by atoms with E-state index in [-0.39, 0.29) is 0 Å². The predicted molar refractivity (Wildman–Crippen MR) is 139 cm³/mol. The van der Waals surface area contributed by atoms with Crippen molar-refractivity contribution < 1.29 is 4.74 Å². The van der Waals surface area contributed by atoms with E-state index in [4.69, 9.17) is 10.5 Å². The fourth-order valence-electron chi connectivity index (χ4n) is 5.71. The third-order valence-corrected chi connectivity index (χ3v) is 7.54. The summed E-state index contributed by atoms with van der Waals surface area (Å²) >= 11 is 0. The van der Waals surface area contributed by atoms with Gasteiger partial charge in [0.05, 0.1) is 0 Å². The van der Waals surface area contributed by atoms with Crippen molar-refractivity contribution in [2.75, 3.05) is 31.9 Å². The molecule has 35 heavy (non-hydrogen) atoms. The van der Waals surface area contributed by atoms with Gasteiger partial charge in [0, 0.05) is 49.4 Å². The molecule has 7 heteroatoms. The number of hydrogen-bond acceptors (Lipinski definition) is 6. The molecular formula is C28H32N6O. The van der Waals surface area contributed by atoms with Crippen LogP contribution < -0.4 is 15.8 Å². The van der Waals surface area contributed by atoms with Crippen molar-refractivity contribution in [3.8, 4) is 22.6 Å². The van der Waals surface area contributed by atoms with E-state index in [1.807, 2.05) is 47.0 Å². The molecule has 0 bridgehead atoms. The highest BCUT2D eigenvalue weighted by Gasteiger charge is 2.30. The van der Waals surface area contributed by atoms with Crippen LogP contribution in [0.1, 0.15) is 37.3 Å². The van der Waals surface area contributed by atoms with Crippen LogP contribution in [0.25, 0.3) is 16.6 Å². The van der Waals surface area contributed by atoms with Gasteiger partial charge in [0.1, 0.15) is 23.3 Å². The van der Waals surface area contributed by atoms with Crippen LogP contribution in [0.5, 0.6) is 11.5 Å². The summed E-state index contributed by atoms with van der Waals surface area (Å²) in [6.07, 6.45) is 6.39. The molecule has 180 valence electrons. The summed E-state index contributed by atoms with van der Waals surface area (Å²) in [6.45, 7) is 4.55. The fraction of sp³-hybridized carbons (Fsp3) is 0.357. The summed E-state index contributed by atoms with van der Waals surface area (Å²) in [5.74, 6) is 2.62. The highest BCUT2D eigenvalue weighted by molar-refractivity contribution is 5.88. The second-order valence-electron chi connectivity index (χ2n) is 9.62. The molecule has 2 fully saturated rings. The summed E-state index contributed by atoms with van der Waals surface area (Å²) in [4.78, 5) is 6.98. The van der Waals surface area contributed by atoms with Crippen LogP contribution in [-0.4, -0.2) is 51.7 Å². The number of nitrogens with one attached hydrogen (secondary N) is 1. The number of hydrogen-bond donors (Lipinski definition) is 2. The molecule has 2 aromatic heterocycles. The molecule has 4 aromatic rings. The van der Waals surface area contributed by atoms with Gasteiger partial charge >= 0.3 is 0 Å². The Morgan fingerprint density at radius 3 is 2.34 bits per heavy atom. The van der Waals surface area contributed by atoms with E-state index in [1.165, 1.54) is 44.5 Å². The van der Waals surface area contributed by atoms with E-state index < -0.39 is 0 Å². The number of nitrogen functional groups attached to an aromatic ring is 1. The number of nitrogens with zero attached hydrogens (tertiary/aromatic N) is 4. The van der Waals surface area contributed by atoms with Crippen molar-refractivity contribution in [3.63, 3.8) is 0 Å². The average molecular weight is 469 g/mol. The van der Waals surface area contributed by atoms with Gasteiger partial charge in [-0.25, -0.2) is 9.50 Å². The number of piperazine rings is 1. The molecular weight excluding hydrogens is 436 g/mol. The van der Waals surface area contributed by atoms with Crippen LogP contribution in [-0.2, 0) is 0 Å². The minimum atomic E-state index is 0.477. The van der Waals surface area contributed by atoms with Gasteiger partial charge in [-0.3, -0.25) is 4.90 Å². The molecule has 7 nitrogen and oxygen atoms in total. The molecule has 2 aliphatic rings. The van der Waals surface area contributed by atoms with E-state index in [0.29, 0.717) is 17.8 Å². The van der Waals surface area contributed by atoms with E-state index in [1.54, 1.807) is 6.33 Å². The second-order valence-corrected chi connectivity index (χ2v) is 9.62. The van der Waals surface area contributed by atoms with Gasteiger partial charge in [0.2, 0.25) is 0 Å². The highest BCUT2D eigenvalue weighted by Crippen LogP contribution is 2.40. The first kappa shape index (κ1) is 22.1. The third-order valence-electron chi connectivity index (χ3n) is 7.54. The van der Waals surface area contributed by atoms with Crippen LogP contribution in [0.4, 0.5) is 5.82 Å². The first-order valence-corrected chi connectivity index (χ1v) is 12.7. The number of ether oxygens (including phenoxy) is 1. The number of anilines is 1. The van der Waals surface area contributed by atoms with Gasteiger partial charge in [-0.1, -0.05) is 30.3 Å². The number of fused-ring (bicyclic) bond motifs is 1. The Balaban J connectivity index is 1.26. The lowest BCUT2D eigenvalue weighted by atomic mass is 9.83. The Morgan fingerprint density at radius 1 is 0.886 bits per heavy atom. The van der Waals surface area contributed by atoms with E-state index >= 15 is 0 Å². The first-order valence-electron chi connectivity index (χ1n) is 12.7. The molecule has 6 rings (SSSR count). The molecule has 1 aliphatic carbocycles. The zero-order valence-electron chi connectivity index (χ0n) is 19.9. The summed E-state index contributed by atoms with van der Waals surface area (Å²) in [7, 11) is 0. The van der Waals surface area contributed by atoms with Gasteiger partial charge in [-0.15, -0.1) is 0 Å². The van der Waals surface area contributed by atoms with Gasteiger partial charge < -0.3 is 15.8 Å². The minimum absolute atomic E-state index is 0.477. The minimum Gasteiger partial charge on any atom is -0.457 e. The van der Waals surface area contributed by atoms with E-state index in [2.05, 4.69) is 38.5 Å². The molecule has 1 saturated carbocycles. The van der Waals surface area contributed by atoms with Crippen molar-refractivity contribution in [1.82, 2.24) is 24.8 Å². The van der Waals surface area contributed by atoms with Gasteiger partial charge in [-0.2, -0.15) is 5.10 Å². The van der Waals surface area contributed by atoms with Crippen molar-refractivity contribution in [3.05, 3.63) is 72.7 Å². The molecule has 0 atom stereocenters. The molecule has 3 heterocycles. The molecule has 1 saturated heterocycles. The number of rotatable bonds is 5. The number of aromatic nitrogens is 3. The average Bonchev–Trinajstić information content (AvgIpc) is 3.31. The topological polar surface area (TPSA) is 80.7 Å². The smallest absolute Gasteiger partial charge is 0.151 e. The summed E-state index contributed by atoms with van der Waals surface area (Å²) < 4.78 is 8.01. The second kappa shape index (κ2) is 9.68. The highest BCUT2D eigenvalue weighted by atomic mass is 16.5. The summed E-state index contributed by atoms with van der Waals surface area (Å²) in [6, 6.07) is 21.0. The quantitative estimate of drug-likeness (QED) is 0.442. The standard InChI is InChI=1S/C28H32N6O/c29-28-27-25(20-8-12-24(13-9-20)35-23-4-2-1-3-5-23)18-26(34(27)32-19-31-28)21-6-10-22(11-7-21)33-16-14-30-15-17-33/h1-5,8-9,12-13,18-19,21-22,30H,6-7,10-11,14-17H2,(H2,29,31,32). The monoisotopic (exact) mass is 468 g/mol. The van der Waals surface area contributed by atoms with Crippen molar-refractivity contribution >= 4 is 11.3 Å². The zero-order chi connectivity index (χ0) is 23.6. The normalized spacial score (nSPS) is 21.3.